The second-order valence-corrected chi connectivity index (χ2v) is 9.57. The van der Waals surface area contributed by atoms with E-state index in [2.05, 4.69) is 21.3 Å². The van der Waals surface area contributed by atoms with E-state index in [1.165, 1.54) is 6.07 Å². The monoisotopic (exact) mass is 473 g/mol. The van der Waals surface area contributed by atoms with E-state index < -0.39 is 0 Å². The summed E-state index contributed by atoms with van der Waals surface area (Å²) in [5.41, 5.74) is 3.40. The molecule has 2 N–H and O–H groups in total. The molecule has 1 amide bonds. The Hall–Kier alpha value is -4.06. The number of hydrogen-bond acceptors (Lipinski definition) is 7. The Kier molecular flexibility index (Phi) is 5.81. The Morgan fingerprint density at radius 2 is 2.11 bits per heavy atom. The van der Waals surface area contributed by atoms with Gasteiger partial charge in [-0.25, -0.2) is 4.99 Å². The van der Waals surface area contributed by atoms with E-state index >= 15 is 0 Å². The zero-order valence-electron chi connectivity index (χ0n) is 19.8. The fourth-order valence-electron chi connectivity index (χ4n) is 4.43. The maximum absolute atomic E-state index is 13.4. The summed E-state index contributed by atoms with van der Waals surface area (Å²) in [6.07, 6.45) is 1.54. The van der Waals surface area contributed by atoms with Crippen LogP contribution in [0.2, 0.25) is 0 Å². The Labute approximate surface area is 203 Å². The Morgan fingerprint density at radius 3 is 2.89 bits per heavy atom. The first kappa shape index (κ1) is 22.7. The molecular weight excluding hydrogens is 446 g/mol. The van der Waals surface area contributed by atoms with E-state index in [-0.39, 0.29) is 22.8 Å². The predicted molar refractivity (Wildman–Crippen MR) is 129 cm³/mol. The first-order chi connectivity index (χ1) is 16.8. The van der Waals surface area contributed by atoms with Crippen molar-refractivity contribution in [2.24, 2.45) is 4.99 Å². The lowest BCUT2D eigenvalue weighted by Crippen LogP contribution is -2.25. The average Bonchev–Trinajstić information content (AvgIpc) is 3.52. The van der Waals surface area contributed by atoms with Crippen molar-refractivity contribution in [2.45, 2.75) is 51.7 Å². The van der Waals surface area contributed by atoms with Crippen LogP contribution < -0.4 is 4.74 Å². The highest BCUT2D eigenvalue weighted by Gasteiger charge is 2.29. The minimum Gasteiger partial charge on any atom is -0.507 e. The summed E-state index contributed by atoms with van der Waals surface area (Å²) in [4.78, 5) is 19.7. The van der Waals surface area contributed by atoms with Gasteiger partial charge in [-0.3, -0.25) is 9.89 Å². The maximum atomic E-state index is 13.4. The molecule has 9 heteroatoms. The van der Waals surface area contributed by atoms with Gasteiger partial charge in [0.05, 0.1) is 41.4 Å². The minimum atomic E-state index is -0.257. The van der Waals surface area contributed by atoms with E-state index in [9.17, 15) is 9.90 Å². The lowest BCUT2D eigenvalue weighted by Gasteiger charge is -2.16. The third-order valence-electron chi connectivity index (χ3n) is 6.22. The van der Waals surface area contributed by atoms with Crippen molar-refractivity contribution >= 4 is 22.7 Å². The topological polar surface area (TPSA) is 124 Å². The Bertz CT molecular complexity index is 1370. The van der Waals surface area contributed by atoms with Crippen LogP contribution in [-0.4, -0.2) is 50.8 Å². The molecule has 0 bridgehead atoms. The molecule has 0 saturated carbocycles. The third-order valence-corrected chi connectivity index (χ3v) is 6.22. The van der Waals surface area contributed by atoms with E-state index in [0.29, 0.717) is 62.7 Å². The number of nitrogens with zero attached hydrogens (tertiary/aromatic N) is 4. The third kappa shape index (κ3) is 4.64. The van der Waals surface area contributed by atoms with Gasteiger partial charge in [0.15, 0.2) is 5.90 Å². The highest BCUT2D eigenvalue weighted by atomic mass is 16.5. The molecule has 5 rings (SSSR count). The van der Waals surface area contributed by atoms with Gasteiger partial charge in [0, 0.05) is 31.0 Å². The standard InChI is InChI=1S/C26H27N5O4/c1-26(2)15-35-24(28-26)12-22-19-10-20(23(32)11-21(19)29-30-22)25(33)31-13-16-5-6-18(9-17(16)14-31)34-8-4-3-7-27/h5-6,9-11,32H,3-4,8,12-15H2,1-2H3,(H,29,30). The van der Waals surface area contributed by atoms with Crippen molar-refractivity contribution in [2.75, 3.05) is 13.2 Å². The fourth-order valence-corrected chi connectivity index (χ4v) is 4.43. The second kappa shape index (κ2) is 8.95. The number of fused-ring (bicyclic) bond motifs is 2. The van der Waals surface area contributed by atoms with E-state index in [1.54, 1.807) is 11.0 Å². The van der Waals surface area contributed by atoms with Crippen molar-refractivity contribution in [3.05, 3.63) is 52.7 Å². The van der Waals surface area contributed by atoms with Gasteiger partial charge >= 0.3 is 0 Å². The highest BCUT2D eigenvalue weighted by Crippen LogP contribution is 2.32. The van der Waals surface area contributed by atoms with Crippen LogP contribution in [0.1, 0.15) is 53.9 Å². The largest absolute Gasteiger partial charge is 0.507 e. The number of H-pyrrole nitrogens is 1. The lowest BCUT2D eigenvalue weighted by atomic mass is 10.1. The van der Waals surface area contributed by atoms with Crippen LogP contribution in [0.3, 0.4) is 0 Å². The summed E-state index contributed by atoms with van der Waals surface area (Å²) in [5, 5.41) is 27.3. The zero-order valence-corrected chi connectivity index (χ0v) is 19.8. The summed E-state index contributed by atoms with van der Waals surface area (Å²) in [6.45, 7) is 5.91. The van der Waals surface area contributed by atoms with Crippen molar-refractivity contribution in [3.63, 3.8) is 0 Å². The molecular formula is C26H27N5O4. The number of hydrogen-bond donors (Lipinski definition) is 2. The predicted octanol–water partition coefficient (Wildman–Crippen LogP) is 3.86. The van der Waals surface area contributed by atoms with E-state index in [0.717, 1.165) is 22.3 Å². The molecule has 2 aliphatic heterocycles. The molecule has 9 nitrogen and oxygen atoms in total. The highest BCUT2D eigenvalue weighted by molar-refractivity contribution is 6.02. The number of phenols is 1. The molecule has 0 fully saturated rings. The van der Waals surface area contributed by atoms with Crippen molar-refractivity contribution in [1.82, 2.24) is 15.1 Å². The normalized spacial score (nSPS) is 16.0. The number of benzene rings is 2. The number of aliphatic imine (C=N–C) groups is 1. The Balaban J connectivity index is 1.33. The van der Waals surface area contributed by atoms with Crippen molar-refractivity contribution < 1.29 is 19.4 Å². The first-order valence-corrected chi connectivity index (χ1v) is 11.7. The molecule has 1 aromatic heterocycles. The molecule has 3 aromatic rings. The number of aromatic amines is 1. The van der Waals surface area contributed by atoms with Gasteiger partial charge in [-0.05, 0) is 49.6 Å². The summed E-state index contributed by atoms with van der Waals surface area (Å²) in [5.74, 6) is 0.999. The number of amides is 1. The second-order valence-electron chi connectivity index (χ2n) is 9.57. The first-order valence-electron chi connectivity index (χ1n) is 11.7. The molecule has 0 aliphatic carbocycles. The summed E-state index contributed by atoms with van der Waals surface area (Å²) >= 11 is 0. The number of nitrogens with one attached hydrogen (secondary N) is 1. The molecule has 0 spiro atoms. The van der Waals surface area contributed by atoms with Gasteiger partial charge in [-0.2, -0.15) is 10.4 Å². The van der Waals surface area contributed by atoms with Gasteiger partial charge in [-0.15, -0.1) is 0 Å². The summed E-state index contributed by atoms with van der Waals surface area (Å²) in [6, 6.07) is 11.1. The van der Waals surface area contributed by atoms with Crippen molar-refractivity contribution in [1.29, 1.82) is 5.26 Å². The number of rotatable bonds is 7. The lowest BCUT2D eigenvalue weighted by molar-refractivity contribution is 0.0748. The number of aromatic hydroxyl groups is 1. The molecule has 2 aromatic carbocycles. The average molecular weight is 474 g/mol. The van der Waals surface area contributed by atoms with Crippen LogP contribution in [0.5, 0.6) is 11.5 Å². The maximum Gasteiger partial charge on any atom is 0.258 e. The van der Waals surface area contributed by atoms with E-state index in [4.69, 9.17) is 14.7 Å². The molecule has 0 saturated heterocycles. The smallest absolute Gasteiger partial charge is 0.258 e. The van der Waals surface area contributed by atoms with Gasteiger partial charge in [0.1, 0.15) is 18.1 Å². The number of carbonyl (C=O) groups excluding carboxylic acids is 1. The molecule has 180 valence electrons. The van der Waals surface area contributed by atoms with E-state index in [1.807, 2.05) is 32.0 Å². The number of phenolic OH excluding ortho intramolecular Hbond substituents is 1. The molecule has 2 aliphatic rings. The van der Waals surface area contributed by atoms with Crippen LogP contribution >= 0.6 is 0 Å². The van der Waals surface area contributed by atoms with Gasteiger partial charge < -0.3 is 19.5 Å². The molecule has 35 heavy (non-hydrogen) atoms. The number of unbranched alkanes of at least 4 members (excludes halogenated alkanes) is 1. The van der Waals surface area contributed by atoms with Crippen LogP contribution in [0.25, 0.3) is 10.9 Å². The van der Waals surface area contributed by atoms with Gasteiger partial charge in [-0.1, -0.05) is 6.07 Å². The number of ether oxygens (including phenoxy) is 2. The van der Waals surface area contributed by atoms with Gasteiger partial charge in [0.25, 0.3) is 5.91 Å². The van der Waals surface area contributed by atoms with Crippen LogP contribution in [0.15, 0.2) is 35.3 Å². The zero-order chi connectivity index (χ0) is 24.6. The van der Waals surface area contributed by atoms with Crippen LogP contribution in [0, 0.1) is 11.3 Å². The number of aromatic nitrogens is 2. The summed E-state index contributed by atoms with van der Waals surface area (Å²) in [7, 11) is 0. The fraction of sp³-hybridized carbons (Fsp3) is 0.385. The Morgan fingerprint density at radius 1 is 1.29 bits per heavy atom. The molecule has 3 heterocycles. The van der Waals surface area contributed by atoms with Crippen LogP contribution in [0.4, 0.5) is 0 Å². The minimum absolute atomic E-state index is 0.0919. The molecule has 0 atom stereocenters. The summed E-state index contributed by atoms with van der Waals surface area (Å²) < 4.78 is 11.4. The van der Waals surface area contributed by atoms with Crippen LogP contribution in [-0.2, 0) is 24.2 Å². The van der Waals surface area contributed by atoms with Crippen molar-refractivity contribution in [3.8, 4) is 17.6 Å². The number of carbonyl (C=O) groups is 1. The quantitative estimate of drug-likeness (QED) is 0.502. The van der Waals surface area contributed by atoms with Gasteiger partial charge in [0.2, 0.25) is 0 Å². The SMILES string of the molecule is CC1(C)COC(Cc2n[nH]c3cc(O)c(C(=O)N4Cc5ccc(OCCCC#N)cc5C4)cc23)=N1. The number of nitriles is 1. The molecule has 0 unspecified atom stereocenters. The molecule has 0 radical (unpaired) electrons.